The fourth-order valence-corrected chi connectivity index (χ4v) is 2.46. The number of nitrogens with zero attached hydrogens (tertiary/aromatic N) is 1. The summed E-state index contributed by atoms with van der Waals surface area (Å²) in [6, 6.07) is 6.03. The van der Waals surface area contributed by atoms with Gasteiger partial charge in [0.1, 0.15) is 5.82 Å². The quantitative estimate of drug-likeness (QED) is 0.840. The number of aryl methyl sites for hydroxylation is 1. The monoisotopic (exact) mass is 287 g/mol. The van der Waals surface area contributed by atoms with Crippen LogP contribution < -0.4 is 5.73 Å². The van der Waals surface area contributed by atoms with Crippen molar-refractivity contribution in [3.63, 3.8) is 0 Å². The molecule has 0 saturated carbocycles. The highest BCUT2D eigenvalue weighted by atomic mass is 35.5. The van der Waals surface area contributed by atoms with Crippen molar-refractivity contribution in [1.29, 1.82) is 0 Å². The van der Waals surface area contributed by atoms with Gasteiger partial charge in [0.2, 0.25) is 0 Å². The molecule has 1 aromatic heterocycles. The van der Waals surface area contributed by atoms with Gasteiger partial charge in [-0.05, 0) is 42.7 Å². The van der Waals surface area contributed by atoms with Crippen LogP contribution in [0.3, 0.4) is 0 Å². The number of hydrogen-bond acceptors (Lipinski definition) is 2. The van der Waals surface area contributed by atoms with Gasteiger partial charge in [-0.2, -0.15) is 0 Å². The van der Waals surface area contributed by atoms with E-state index in [1.807, 2.05) is 44.2 Å². The van der Waals surface area contributed by atoms with Gasteiger partial charge in [-0.1, -0.05) is 29.8 Å². The zero-order valence-corrected chi connectivity index (χ0v) is 12.4. The molecule has 0 atom stereocenters. The molecule has 0 aliphatic heterocycles. The average Bonchev–Trinajstić information content (AvgIpc) is 2.93. The molecule has 3 nitrogen and oxygen atoms in total. The fourth-order valence-electron chi connectivity index (χ4n) is 2.12. The van der Waals surface area contributed by atoms with Gasteiger partial charge in [-0.25, -0.2) is 4.98 Å². The van der Waals surface area contributed by atoms with Crippen LogP contribution in [0.1, 0.15) is 23.9 Å². The molecule has 104 valence electrons. The number of H-pyrrole nitrogens is 1. The Morgan fingerprint density at radius 1 is 1.45 bits per heavy atom. The van der Waals surface area contributed by atoms with Gasteiger partial charge in [0.05, 0.1) is 0 Å². The van der Waals surface area contributed by atoms with Gasteiger partial charge in [0.25, 0.3) is 0 Å². The summed E-state index contributed by atoms with van der Waals surface area (Å²) in [7, 11) is 0. The number of rotatable bonds is 4. The van der Waals surface area contributed by atoms with Crippen LogP contribution >= 0.6 is 11.6 Å². The Balaban J connectivity index is 2.45. The number of nitrogens with two attached hydrogens (primary N) is 1. The highest BCUT2D eigenvalue weighted by molar-refractivity contribution is 6.32. The molecule has 0 spiro atoms. The first-order valence-corrected chi connectivity index (χ1v) is 6.86. The smallest absolute Gasteiger partial charge is 0.130 e. The molecular weight excluding hydrogens is 270 g/mol. The summed E-state index contributed by atoms with van der Waals surface area (Å²) in [4.78, 5) is 7.26. The van der Waals surface area contributed by atoms with E-state index < -0.39 is 0 Å². The summed E-state index contributed by atoms with van der Waals surface area (Å²) >= 11 is 6.35. The molecule has 0 bridgehead atoms. The van der Waals surface area contributed by atoms with E-state index in [-0.39, 0.29) is 0 Å². The second kappa shape index (κ2) is 6.55. The molecule has 0 radical (unpaired) electrons. The largest absolute Gasteiger partial charge is 0.345 e. The van der Waals surface area contributed by atoms with Crippen LogP contribution in [-0.2, 0) is 0 Å². The number of aromatic nitrogens is 2. The van der Waals surface area contributed by atoms with Crippen LogP contribution in [-0.4, -0.2) is 16.5 Å². The highest BCUT2D eigenvalue weighted by Gasteiger charge is 2.10. The average molecular weight is 288 g/mol. The third-order valence-corrected chi connectivity index (χ3v) is 3.41. The van der Waals surface area contributed by atoms with Crippen molar-refractivity contribution in [2.75, 3.05) is 6.54 Å². The molecular formula is C16H18ClN3. The third kappa shape index (κ3) is 3.18. The maximum absolute atomic E-state index is 6.35. The first-order chi connectivity index (χ1) is 9.65. The molecule has 0 unspecified atom stereocenters. The molecule has 1 aromatic carbocycles. The van der Waals surface area contributed by atoms with Crippen molar-refractivity contribution >= 4 is 23.3 Å². The molecule has 0 saturated heterocycles. The molecule has 1 heterocycles. The Bertz CT molecular complexity index is 640. The van der Waals surface area contributed by atoms with Gasteiger partial charge in [0.15, 0.2) is 0 Å². The van der Waals surface area contributed by atoms with Crippen LogP contribution in [0.5, 0.6) is 0 Å². The molecule has 0 amide bonds. The lowest BCUT2D eigenvalue weighted by molar-refractivity contribution is 1.18. The Hall–Kier alpha value is -1.84. The van der Waals surface area contributed by atoms with E-state index in [4.69, 9.17) is 17.3 Å². The van der Waals surface area contributed by atoms with Crippen LogP contribution in [0, 0.1) is 6.92 Å². The first-order valence-electron chi connectivity index (χ1n) is 6.49. The molecule has 2 aromatic rings. The van der Waals surface area contributed by atoms with E-state index in [2.05, 4.69) is 9.97 Å². The number of halogens is 1. The van der Waals surface area contributed by atoms with Crippen LogP contribution in [0.15, 0.2) is 42.2 Å². The van der Waals surface area contributed by atoms with E-state index >= 15 is 0 Å². The summed E-state index contributed by atoms with van der Waals surface area (Å²) in [6.45, 7) is 4.43. The normalized spacial score (nSPS) is 12.8. The van der Waals surface area contributed by atoms with E-state index in [1.165, 1.54) is 0 Å². The summed E-state index contributed by atoms with van der Waals surface area (Å²) in [5.41, 5.74) is 10.0. The summed E-state index contributed by atoms with van der Waals surface area (Å²) in [5, 5.41) is 0.733. The standard InChI is InChI=1S/C16H18ClN3/c1-3-13(14-5-4-11(2)8-15(14)17)12(10-18)9-16-19-6-7-20-16/h3-9H,10,18H2,1-2H3,(H,19,20)/b12-9-,13-3+. The van der Waals surface area contributed by atoms with Gasteiger partial charge in [0, 0.05) is 29.5 Å². The number of aromatic amines is 1. The first kappa shape index (κ1) is 14.6. The number of nitrogens with one attached hydrogen (secondary N) is 1. The maximum Gasteiger partial charge on any atom is 0.130 e. The van der Waals surface area contributed by atoms with E-state index in [1.54, 1.807) is 12.4 Å². The lowest BCUT2D eigenvalue weighted by atomic mass is 9.96. The Morgan fingerprint density at radius 3 is 2.80 bits per heavy atom. The molecule has 4 heteroatoms. The zero-order chi connectivity index (χ0) is 14.5. The van der Waals surface area contributed by atoms with E-state index in [0.717, 1.165) is 33.1 Å². The zero-order valence-electron chi connectivity index (χ0n) is 11.7. The van der Waals surface area contributed by atoms with Gasteiger partial charge in [-0.15, -0.1) is 0 Å². The minimum Gasteiger partial charge on any atom is -0.345 e. The lowest BCUT2D eigenvalue weighted by Crippen LogP contribution is -2.06. The van der Waals surface area contributed by atoms with Crippen molar-refractivity contribution in [2.45, 2.75) is 13.8 Å². The third-order valence-electron chi connectivity index (χ3n) is 3.10. The van der Waals surface area contributed by atoms with Crippen molar-refractivity contribution in [3.8, 4) is 0 Å². The SMILES string of the molecule is C/C=C(\C(=C/c1ncc[nH]1)CN)c1ccc(C)cc1Cl. The molecule has 20 heavy (non-hydrogen) atoms. The lowest BCUT2D eigenvalue weighted by Gasteiger charge is -2.12. The number of allylic oxidation sites excluding steroid dienone is 1. The Kier molecular flexibility index (Phi) is 4.77. The molecule has 0 aliphatic carbocycles. The van der Waals surface area contributed by atoms with Gasteiger partial charge in [-0.3, -0.25) is 0 Å². The maximum atomic E-state index is 6.35. The molecule has 3 N–H and O–H groups in total. The van der Waals surface area contributed by atoms with Crippen molar-refractivity contribution in [1.82, 2.24) is 9.97 Å². The number of benzene rings is 1. The summed E-state index contributed by atoms with van der Waals surface area (Å²) in [5.74, 6) is 0.785. The van der Waals surface area contributed by atoms with Crippen molar-refractivity contribution in [2.24, 2.45) is 5.73 Å². The predicted octanol–water partition coefficient (Wildman–Crippen LogP) is 3.82. The highest BCUT2D eigenvalue weighted by Crippen LogP contribution is 2.30. The van der Waals surface area contributed by atoms with E-state index in [9.17, 15) is 0 Å². The second-order valence-electron chi connectivity index (χ2n) is 4.53. The van der Waals surface area contributed by atoms with Crippen LogP contribution in [0.25, 0.3) is 11.6 Å². The number of imidazole rings is 1. The summed E-state index contributed by atoms with van der Waals surface area (Å²) in [6.07, 6.45) is 7.48. The summed E-state index contributed by atoms with van der Waals surface area (Å²) < 4.78 is 0. The predicted molar refractivity (Wildman–Crippen MR) is 85.5 cm³/mol. The molecule has 0 aliphatic rings. The molecule has 2 rings (SSSR count). The topological polar surface area (TPSA) is 54.7 Å². The van der Waals surface area contributed by atoms with Crippen molar-refractivity contribution in [3.05, 3.63) is 64.2 Å². The van der Waals surface area contributed by atoms with Gasteiger partial charge < -0.3 is 10.7 Å². The fraction of sp³-hybridized carbons (Fsp3) is 0.188. The Morgan fingerprint density at radius 2 is 2.25 bits per heavy atom. The van der Waals surface area contributed by atoms with Gasteiger partial charge >= 0.3 is 0 Å². The minimum atomic E-state index is 0.421. The molecule has 0 fully saturated rings. The van der Waals surface area contributed by atoms with E-state index in [0.29, 0.717) is 6.54 Å². The minimum absolute atomic E-state index is 0.421. The Labute approximate surface area is 124 Å². The number of hydrogen-bond donors (Lipinski definition) is 2. The van der Waals surface area contributed by atoms with Crippen LogP contribution in [0.2, 0.25) is 5.02 Å². The van der Waals surface area contributed by atoms with Crippen LogP contribution in [0.4, 0.5) is 0 Å². The second-order valence-corrected chi connectivity index (χ2v) is 4.94. The van der Waals surface area contributed by atoms with Crippen molar-refractivity contribution < 1.29 is 0 Å².